The van der Waals surface area contributed by atoms with Gasteiger partial charge in [-0.15, -0.1) is 0 Å². The molecule has 144 valence electrons. The first-order chi connectivity index (χ1) is 13.6. The summed E-state index contributed by atoms with van der Waals surface area (Å²) >= 11 is 6.02. The van der Waals surface area contributed by atoms with Crippen molar-refractivity contribution in [3.8, 4) is 0 Å². The molecule has 0 saturated carbocycles. The summed E-state index contributed by atoms with van der Waals surface area (Å²) < 4.78 is 4.91. The molecule has 0 aliphatic carbocycles. The summed E-state index contributed by atoms with van der Waals surface area (Å²) in [7, 11) is 1.47. The summed E-state index contributed by atoms with van der Waals surface area (Å²) in [4.78, 5) is 14.2. The number of carbonyl (C=O) groups is 1. The van der Waals surface area contributed by atoms with Crippen LogP contribution in [-0.4, -0.2) is 31.1 Å². The van der Waals surface area contributed by atoms with E-state index in [0.29, 0.717) is 0 Å². The Morgan fingerprint density at radius 1 is 1.04 bits per heavy atom. The van der Waals surface area contributed by atoms with E-state index in [2.05, 4.69) is 53.4 Å². The SMILES string of the molecule is COC(=O)C1CCN(Cc2ccc(Cc3ccc(Cl)cc3)c3ccccc23)C1. The van der Waals surface area contributed by atoms with E-state index in [4.69, 9.17) is 16.3 Å². The maximum atomic E-state index is 11.8. The first kappa shape index (κ1) is 19.0. The lowest BCUT2D eigenvalue weighted by Gasteiger charge is -2.18. The number of ether oxygens (including phenoxy) is 1. The van der Waals surface area contributed by atoms with Gasteiger partial charge in [-0.25, -0.2) is 0 Å². The fourth-order valence-corrected chi connectivity index (χ4v) is 4.24. The highest BCUT2D eigenvalue weighted by Gasteiger charge is 2.29. The summed E-state index contributed by atoms with van der Waals surface area (Å²) in [5.41, 5.74) is 3.87. The first-order valence-corrected chi connectivity index (χ1v) is 10.1. The van der Waals surface area contributed by atoms with E-state index < -0.39 is 0 Å². The number of halogens is 1. The molecule has 3 aromatic rings. The van der Waals surface area contributed by atoms with E-state index in [1.54, 1.807) is 0 Å². The zero-order chi connectivity index (χ0) is 19.5. The molecule has 4 rings (SSSR count). The third-order valence-corrected chi connectivity index (χ3v) is 5.87. The molecule has 1 aliphatic rings. The number of rotatable bonds is 5. The van der Waals surface area contributed by atoms with Gasteiger partial charge in [-0.2, -0.15) is 0 Å². The Kier molecular flexibility index (Phi) is 5.65. The zero-order valence-electron chi connectivity index (χ0n) is 16.0. The number of hydrogen-bond acceptors (Lipinski definition) is 3. The molecule has 1 fully saturated rings. The normalized spacial score (nSPS) is 17.1. The quantitative estimate of drug-likeness (QED) is 0.566. The van der Waals surface area contributed by atoms with Crippen molar-refractivity contribution < 1.29 is 9.53 Å². The maximum absolute atomic E-state index is 11.8. The summed E-state index contributed by atoms with van der Waals surface area (Å²) in [5.74, 6) is -0.0916. The van der Waals surface area contributed by atoms with Crippen molar-refractivity contribution in [2.75, 3.05) is 20.2 Å². The predicted molar refractivity (Wildman–Crippen MR) is 114 cm³/mol. The third-order valence-electron chi connectivity index (χ3n) is 5.61. The Bertz CT molecular complexity index is 984. The van der Waals surface area contributed by atoms with Crippen LogP contribution < -0.4 is 0 Å². The van der Waals surface area contributed by atoms with Crippen molar-refractivity contribution in [2.24, 2.45) is 5.92 Å². The van der Waals surface area contributed by atoms with E-state index in [-0.39, 0.29) is 11.9 Å². The molecule has 1 heterocycles. The molecule has 1 saturated heterocycles. The van der Waals surface area contributed by atoms with E-state index in [1.807, 2.05) is 12.1 Å². The molecule has 0 spiro atoms. The van der Waals surface area contributed by atoms with Crippen LogP contribution in [0.2, 0.25) is 5.02 Å². The highest BCUT2D eigenvalue weighted by molar-refractivity contribution is 6.30. The molecule has 0 amide bonds. The van der Waals surface area contributed by atoms with Gasteiger partial charge in [-0.05, 0) is 59.0 Å². The van der Waals surface area contributed by atoms with E-state index in [0.717, 1.165) is 37.5 Å². The van der Waals surface area contributed by atoms with E-state index >= 15 is 0 Å². The minimum Gasteiger partial charge on any atom is -0.469 e. The van der Waals surface area contributed by atoms with Gasteiger partial charge in [0.2, 0.25) is 0 Å². The second kappa shape index (κ2) is 8.34. The second-order valence-electron chi connectivity index (χ2n) is 7.48. The highest BCUT2D eigenvalue weighted by atomic mass is 35.5. The van der Waals surface area contributed by atoms with Crippen molar-refractivity contribution in [1.29, 1.82) is 0 Å². The molecule has 0 radical (unpaired) electrons. The Labute approximate surface area is 170 Å². The van der Waals surface area contributed by atoms with Crippen LogP contribution in [0.3, 0.4) is 0 Å². The lowest BCUT2D eigenvalue weighted by atomic mass is 9.95. The predicted octanol–water partition coefficient (Wildman–Crippen LogP) is 5.08. The molecule has 0 aromatic heterocycles. The summed E-state index contributed by atoms with van der Waals surface area (Å²) in [6.45, 7) is 2.56. The number of esters is 1. The van der Waals surface area contributed by atoms with E-state index in [9.17, 15) is 4.79 Å². The topological polar surface area (TPSA) is 29.5 Å². The van der Waals surface area contributed by atoms with Crippen molar-refractivity contribution in [1.82, 2.24) is 4.90 Å². The van der Waals surface area contributed by atoms with Gasteiger partial charge in [-0.3, -0.25) is 9.69 Å². The van der Waals surface area contributed by atoms with Crippen LogP contribution in [0.15, 0.2) is 60.7 Å². The van der Waals surface area contributed by atoms with Crippen LogP contribution in [0, 0.1) is 5.92 Å². The molecule has 1 unspecified atom stereocenters. The van der Waals surface area contributed by atoms with Crippen molar-refractivity contribution >= 4 is 28.3 Å². The van der Waals surface area contributed by atoms with Gasteiger partial charge in [-0.1, -0.05) is 60.1 Å². The van der Waals surface area contributed by atoms with Crippen molar-refractivity contribution in [2.45, 2.75) is 19.4 Å². The molecule has 4 heteroatoms. The largest absolute Gasteiger partial charge is 0.469 e. The Morgan fingerprint density at radius 3 is 2.43 bits per heavy atom. The molecule has 0 bridgehead atoms. The molecule has 1 atom stereocenters. The fourth-order valence-electron chi connectivity index (χ4n) is 4.11. The molecular weight excluding hydrogens is 370 g/mol. The van der Waals surface area contributed by atoms with Crippen LogP contribution in [0.25, 0.3) is 10.8 Å². The number of fused-ring (bicyclic) bond motifs is 1. The Hall–Kier alpha value is -2.36. The van der Waals surface area contributed by atoms with Gasteiger partial charge in [0.05, 0.1) is 13.0 Å². The Balaban J connectivity index is 1.57. The molecular formula is C24H24ClNO2. The van der Waals surface area contributed by atoms with Crippen LogP contribution in [0.1, 0.15) is 23.1 Å². The molecule has 3 nitrogen and oxygen atoms in total. The van der Waals surface area contributed by atoms with Gasteiger partial charge in [0, 0.05) is 18.1 Å². The lowest BCUT2D eigenvalue weighted by Crippen LogP contribution is -2.23. The van der Waals surface area contributed by atoms with Gasteiger partial charge in [0.15, 0.2) is 0 Å². The smallest absolute Gasteiger partial charge is 0.310 e. The minimum atomic E-state index is -0.0920. The number of likely N-dealkylation sites (tertiary alicyclic amines) is 1. The van der Waals surface area contributed by atoms with Crippen molar-refractivity contribution in [3.05, 3.63) is 82.4 Å². The highest BCUT2D eigenvalue weighted by Crippen LogP contribution is 2.28. The summed E-state index contributed by atoms with van der Waals surface area (Å²) in [5, 5.41) is 3.34. The average Bonchev–Trinajstić information content (AvgIpc) is 3.19. The Morgan fingerprint density at radius 2 is 1.71 bits per heavy atom. The monoisotopic (exact) mass is 393 g/mol. The van der Waals surface area contributed by atoms with Crippen LogP contribution in [0.5, 0.6) is 0 Å². The van der Waals surface area contributed by atoms with Crippen LogP contribution >= 0.6 is 11.6 Å². The number of carbonyl (C=O) groups excluding carboxylic acids is 1. The van der Waals surface area contributed by atoms with E-state index in [1.165, 1.54) is 34.6 Å². The standard InChI is InChI=1S/C24H24ClNO2/c1-28-24(27)20-12-13-26(16-20)15-19-9-8-18(22-4-2-3-5-23(19)22)14-17-6-10-21(25)11-7-17/h2-11,20H,12-16H2,1H3. The third kappa shape index (κ3) is 4.06. The second-order valence-corrected chi connectivity index (χ2v) is 7.91. The van der Waals surface area contributed by atoms with Gasteiger partial charge < -0.3 is 4.74 Å². The average molecular weight is 394 g/mol. The number of nitrogens with zero attached hydrogens (tertiary/aromatic N) is 1. The summed E-state index contributed by atoms with van der Waals surface area (Å²) in [6, 6.07) is 21.1. The number of methoxy groups -OCH3 is 1. The van der Waals surface area contributed by atoms with Gasteiger partial charge in [0.1, 0.15) is 0 Å². The van der Waals surface area contributed by atoms with Gasteiger partial charge in [0.25, 0.3) is 0 Å². The van der Waals surface area contributed by atoms with Crippen LogP contribution in [-0.2, 0) is 22.5 Å². The molecule has 28 heavy (non-hydrogen) atoms. The molecule has 1 aliphatic heterocycles. The fraction of sp³-hybridized carbons (Fsp3) is 0.292. The number of hydrogen-bond donors (Lipinski definition) is 0. The number of benzene rings is 3. The first-order valence-electron chi connectivity index (χ1n) is 9.68. The maximum Gasteiger partial charge on any atom is 0.310 e. The van der Waals surface area contributed by atoms with Gasteiger partial charge >= 0.3 is 5.97 Å². The van der Waals surface area contributed by atoms with Crippen LogP contribution in [0.4, 0.5) is 0 Å². The minimum absolute atomic E-state index is 0.000409. The lowest BCUT2D eigenvalue weighted by molar-refractivity contribution is -0.144. The zero-order valence-corrected chi connectivity index (χ0v) is 16.8. The summed E-state index contributed by atoms with van der Waals surface area (Å²) in [6.07, 6.45) is 1.76. The molecule has 0 N–H and O–H groups in total. The molecule has 3 aromatic carbocycles. The van der Waals surface area contributed by atoms with Crippen molar-refractivity contribution in [3.63, 3.8) is 0 Å².